The van der Waals surface area contributed by atoms with Crippen LogP contribution in [0.3, 0.4) is 0 Å². The summed E-state index contributed by atoms with van der Waals surface area (Å²) in [5.41, 5.74) is 2.79. The zero-order valence-electron chi connectivity index (χ0n) is 12.6. The number of pyridine rings is 1. The highest BCUT2D eigenvalue weighted by Crippen LogP contribution is 2.18. The van der Waals surface area contributed by atoms with Gasteiger partial charge in [0.15, 0.2) is 0 Å². The number of rotatable bonds is 4. The van der Waals surface area contributed by atoms with Crippen molar-refractivity contribution in [2.24, 2.45) is 4.99 Å². The Bertz CT molecular complexity index is 502. The van der Waals surface area contributed by atoms with Gasteiger partial charge in [0.1, 0.15) is 17.6 Å². The number of likely N-dealkylation sites (tertiary alicyclic amines) is 1. The first kappa shape index (κ1) is 14.7. The van der Waals surface area contributed by atoms with E-state index in [2.05, 4.69) is 28.5 Å². The molecule has 0 amide bonds. The second-order valence-corrected chi connectivity index (χ2v) is 5.30. The Labute approximate surface area is 121 Å². The van der Waals surface area contributed by atoms with Crippen LogP contribution in [0.4, 0.5) is 0 Å². The number of ether oxygens (including phenoxy) is 1. The Kier molecular flexibility index (Phi) is 4.90. The van der Waals surface area contributed by atoms with Crippen LogP contribution in [0.5, 0.6) is 0 Å². The third-order valence-electron chi connectivity index (χ3n) is 3.63. The maximum Gasteiger partial charge on any atom is 0.138 e. The lowest BCUT2D eigenvalue weighted by Crippen LogP contribution is -2.34. The second kappa shape index (κ2) is 6.66. The summed E-state index contributed by atoms with van der Waals surface area (Å²) in [4.78, 5) is 10.9. The Balaban J connectivity index is 2.03. The van der Waals surface area contributed by atoms with E-state index in [1.807, 2.05) is 19.1 Å². The van der Waals surface area contributed by atoms with Crippen molar-refractivity contribution in [1.82, 2.24) is 9.88 Å². The van der Waals surface area contributed by atoms with E-state index < -0.39 is 0 Å². The average molecular weight is 273 g/mol. The monoisotopic (exact) mass is 273 g/mol. The molecule has 1 aliphatic heterocycles. The van der Waals surface area contributed by atoms with E-state index in [0.717, 1.165) is 42.9 Å². The van der Waals surface area contributed by atoms with Crippen molar-refractivity contribution in [2.75, 3.05) is 27.2 Å². The SMILES string of the molecule is C=C(OC1CCN(C)CC1)C(=NC)c1ccnc(C)c1. The summed E-state index contributed by atoms with van der Waals surface area (Å²) >= 11 is 0. The van der Waals surface area contributed by atoms with E-state index in [1.165, 1.54) is 0 Å². The highest BCUT2D eigenvalue weighted by molar-refractivity contribution is 6.10. The van der Waals surface area contributed by atoms with Crippen LogP contribution < -0.4 is 0 Å². The van der Waals surface area contributed by atoms with Crippen molar-refractivity contribution < 1.29 is 4.74 Å². The molecule has 0 unspecified atom stereocenters. The molecule has 4 heteroatoms. The summed E-state index contributed by atoms with van der Waals surface area (Å²) in [7, 11) is 3.91. The molecule has 1 aromatic heterocycles. The fourth-order valence-electron chi connectivity index (χ4n) is 2.47. The van der Waals surface area contributed by atoms with Gasteiger partial charge in [-0.3, -0.25) is 9.98 Å². The molecular weight excluding hydrogens is 250 g/mol. The largest absolute Gasteiger partial charge is 0.489 e. The number of aryl methyl sites for hydroxylation is 1. The normalized spacial score (nSPS) is 18.1. The minimum Gasteiger partial charge on any atom is -0.489 e. The van der Waals surface area contributed by atoms with Gasteiger partial charge in [0.2, 0.25) is 0 Å². The highest BCUT2D eigenvalue weighted by atomic mass is 16.5. The fraction of sp³-hybridized carbons (Fsp3) is 0.500. The molecule has 0 spiro atoms. The highest BCUT2D eigenvalue weighted by Gasteiger charge is 2.20. The molecule has 0 N–H and O–H groups in total. The molecule has 0 bridgehead atoms. The molecule has 0 atom stereocenters. The van der Waals surface area contributed by atoms with E-state index in [9.17, 15) is 0 Å². The summed E-state index contributed by atoms with van der Waals surface area (Å²) in [6, 6.07) is 3.95. The van der Waals surface area contributed by atoms with E-state index in [-0.39, 0.29) is 6.10 Å². The lowest BCUT2D eigenvalue weighted by atomic mass is 10.1. The Hall–Kier alpha value is -1.68. The van der Waals surface area contributed by atoms with Crippen LogP contribution in [0.25, 0.3) is 0 Å². The predicted octanol–water partition coefficient (Wildman–Crippen LogP) is 2.43. The van der Waals surface area contributed by atoms with Crippen LogP contribution in [0.1, 0.15) is 24.1 Å². The number of aliphatic imine (C=N–C) groups is 1. The van der Waals surface area contributed by atoms with Crippen molar-refractivity contribution in [2.45, 2.75) is 25.9 Å². The molecule has 1 fully saturated rings. The van der Waals surface area contributed by atoms with Gasteiger partial charge in [-0.05, 0) is 38.9 Å². The topological polar surface area (TPSA) is 37.7 Å². The van der Waals surface area contributed by atoms with Crippen LogP contribution in [0.15, 0.2) is 35.7 Å². The van der Waals surface area contributed by atoms with Crippen molar-refractivity contribution in [3.05, 3.63) is 41.9 Å². The Morgan fingerprint density at radius 2 is 2.15 bits per heavy atom. The molecule has 0 saturated carbocycles. The second-order valence-electron chi connectivity index (χ2n) is 5.30. The molecule has 2 rings (SSSR count). The van der Waals surface area contributed by atoms with E-state index >= 15 is 0 Å². The zero-order valence-corrected chi connectivity index (χ0v) is 12.6. The molecule has 1 saturated heterocycles. The van der Waals surface area contributed by atoms with Crippen LogP contribution >= 0.6 is 0 Å². The summed E-state index contributed by atoms with van der Waals surface area (Å²) in [6.45, 7) is 8.18. The van der Waals surface area contributed by atoms with Gasteiger partial charge in [-0.2, -0.15) is 0 Å². The molecule has 1 aromatic rings. The summed E-state index contributed by atoms with van der Waals surface area (Å²) in [5.74, 6) is 0.660. The standard InChI is InChI=1S/C16H23N3O/c1-12-11-14(5-8-18-12)16(17-3)13(2)20-15-6-9-19(4)10-7-15/h5,8,11,15H,2,6-7,9-10H2,1,3-4H3. The van der Waals surface area contributed by atoms with Crippen LogP contribution in [0.2, 0.25) is 0 Å². The van der Waals surface area contributed by atoms with E-state index in [4.69, 9.17) is 4.74 Å². The average Bonchev–Trinajstić information content (AvgIpc) is 2.42. The van der Waals surface area contributed by atoms with Crippen LogP contribution in [-0.4, -0.2) is 48.9 Å². The first-order chi connectivity index (χ1) is 9.60. The van der Waals surface area contributed by atoms with Gasteiger partial charge in [0.25, 0.3) is 0 Å². The number of piperidine rings is 1. The number of hydrogen-bond donors (Lipinski definition) is 0. The third-order valence-corrected chi connectivity index (χ3v) is 3.63. The molecule has 20 heavy (non-hydrogen) atoms. The van der Waals surface area contributed by atoms with Crippen molar-refractivity contribution >= 4 is 5.71 Å². The molecule has 2 heterocycles. The van der Waals surface area contributed by atoms with Gasteiger partial charge in [-0.1, -0.05) is 6.58 Å². The van der Waals surface area contributed by atoms with E-state index in [1.54, 1.807) is 13.2 Å². The summed E-state index contributed by atoms with van der Waals surface area (Å²) in [6.07, 6.45) is 4.13. The van der Waals surface area contributed by atoms with Crippen molar-refractivity contribution in [3.8, 4) is 0 Å². The zero-order chi connectivity index (χ0) is 14.5. The molecule has 1 aliphatic rings. The van der Waals surface area contributed by atoms with E-state index in [0.29, 0.717) is 5.76 Å². The third kappa shape index (κ3) is 3.67. The molecule has 0 aromatic carbocycles. The van der Waals surface area contributed by atoms with Crippen LogP contribution in [-0.2, 0) is 4.74 Å². The smallest absolute Gasteiger partial charge is 0.138 e. The predicted molar refractivity (Wildman–Crippen MR) is 82.2 cm³/mol. The molecular formula is C16H23N3O. The summed E-state index contributed by atoms with van der Waals surface area (Å²) < 4.78 is 6.01. The molecule has 108 valence electrons. The Morgan fingerprint density at radius 1 is 1.45 bits per heavy atom. The number of allylic oxidation sites excluding steroid dienone is 1. The van der Waals surface area contributed by atoms with Gasteiger partial charge in [-0.25, -0.2) is 0 Å². The minimum absolute atomic E-state index is 0.249. The number of nitrogens with zero attached hydrogens (tertiary/aromatic N) is 3. The fourth-order valence-corrected chi connectivity index (χ4v) is 2.47. The lowest BCUT2D eigenvalue weighted by molar-refractivity contribution is 0.0682. The summed E-state index contributed by atoms with van der Waals surface area (Å²) in [5, 5.41) is 0. The minimum atomic E-state index is 0.249. The maximum atomic E-state index is 6.01. The van der Waals surface area contributed by atoms with Gasteiger partial charge >= 0.3 is 0 Å². The first-order valence-electron chi connectivity index (χ1n) is 7.04. The van der Waals surface area contributed by atoms with Gasteiger partial charge in [0, 0.05) is 37.6 Å². The molecule has 4 nitrogen and oxygen atoms in total. The van der Waals surface area contributed by atoms with Gasteiger partial charge < -0.3 is 9.64 Å². The van der Waals surface area contributed by atoms with Gasteiger partial charge in [0.05, 0.1) is 0 Å². The number of hydrogen-bond acceptors (Lipinski definition) is 4. The molecule has 0 radical (unpaired) electrons. The number of aromatic nitrogens is 1. The lowest BCUT2D eigenvalue weighted by Gasteiger charge is -2.30. The van der Waals surface area contributed by atoms with Crippen LogP contribution in [0, 0.1) is 6.92 Å². The molecule has 0 aliphatic carbocycles. The first-order valence-corrected chi connectivity index (χ1v) is 7.04. The maximum absolute atomic E-state index is 6.01. The van der Waals surface area contributed by atoms with Gasteiger partial charge in [-0.15, -0.1) is 0 Å². The van der Waals surface area contributed by atoms with Crippen molar-refractivity contribution in [3.63, 3.8) is 0 Å². The van der Waals surface area contributed by atoms with Crippen molar-refractivity contribution in [1.29, 1.82) is 0 Å². The Morgan fingerprint density at radius 3 is 2.75 bits per heavy atom. The quantitative estimate of drug-likeness (QED) is 0.624.